The van der Waals surface area contributed by atoms with Crippen molar-refractivity contribution in [2.45, 2.75) is 34.1 Å². The standard InChI is InChI=1S/C25H22O8/c1-13(2)5-7-17-20(32-14(3)26)10-22(33-15(4)27)23-24(28)18(11-29-25(17)23)16-6-8-19-21(9-16)31-12-30-19/h5-6,8-11H,7,12H2,1-4H3. The lowest BCUT2D eigenvalue weighted by Crippen LogP contribution is -2.12. The van der Waals surface area contributed by atoms with Gasteiger partial charge in [-0.25, -0.2) is 0 Å². The minimum Gasteiger partial charge on any atom is -0.463 e. The van der Waals surface area contributed by atoms with Crippen molar-refractivity contribution >= 4 is 22.9 Å². The maximum absolute atomic E-state index is 13.6. The third-order valence-corrected chi connectivity index (χ3v) is 4.98. The molecule has 2 heterocycles. The molecule has 0 radical (unpaired) electrons. The van der Waals surface area contributed by atoms with Gasteiger partial charge in [-0.15, -0.1) is 0 Å². The highest BCUT2D eigenvalue weighted by Crippen LogP contribution is 2.39. The Kier molecular flexibility index (Phi) is 5.91. The number of carbonyl (C=O) groups is 2. The fraction of sp³-hybridized carbons (Fsp3) is 0.240. The summed E-state index contributed by atoms with van der Waals surface area (Å²) in [5.74, 6) is 0.0194. The smallest absolute Gasteiger partial charge is 0.308 e. The van der Waals surface area contributed by atoms with Gasteiger partial charge in [-0.3, -0.25) is 14.4 Å². The van der Waals surface area contributed by atoms with Gasteiger partial charge in [0.2, 0.25) is 12.2 Å². The van der Waals surface area contributed by atoms with E-state index in [2.05, 4.69) is 0 Å². The van der Waals surface area contributed by atoms with Crippen LogP contribution in [0.5, 0.6) is 23.0 Å². The van der Waals surface area contributed by atoms with Gasteiger partial charge in [-0.1, -0.05) is 17.7 Å². The lowest BCUT2D eigenvalue weighted by Gasteiger charge is -2.14. The molecule has 1 aliphatic heterocycles. The SMILES string of the molecule is CC(=O)Oc1cc(OC(C)=O)c2c(=O)c(-c3ccc4c(c3)OCO4)coc2c1CC=C(C)C. The van der Waals surface area contributed by atoms with Gasteiger partial charge >= 0.3 is 11.9 Å². The van der Waals surface area contributed by atoms with Gasteiger partial charge in [-0.2, -0.15) is 0 Å². The highest BCUT2D eigenvalue weighted by Gasteiger charge is 2.23. The molecule has 0 unspecified atom stereocenters. The van der Waals surface area contributed by atoms with Crippen LogP contribution in [-0.2, 0) is 16.0 Å². The summed E-state index contributed by atoms with van der Waals surface area (Å²) in [6.45, 7) is 6.44. The molecule has 0 aliphatic carbocycles. The molecule has 0 N–H and O–H groups in total. The quantitative estimate of drug-likeness (QED) is 0.317. The number of allylic oxidation sites excluding steroid dienone is 2. The van der Waals surface area contributed by atoms with Crippen molar-refractivity contribution in [3.8, 4) is 34.1 Å². The number of benzene rings is 2. The molecule has 33 heavy (non-hydrogen) atoms. The maximum atomic E-state index is 13.6. The van der Waals surface area contributed by atoms with E-state index in [1.54, 1.807) is 18.2 Å². The number of ether oxygens (including phenoxy) is 4. The normalized spacial score (nSPS) is 11.9. The van der Waals surface area contributed by atoms with Crippen LogP contribution in [0.25, 0.3) is 22.1 Å². The minimum atomic E-state index is -0.630. The lowest BCUT2D eigenvalue weighted by molar-refractivity contribution is -0.132. The van der Waals surface area contributed by atoms with Gasteiger partial charge < -0.3 is 23.4 Å². The van der Waals surface area contributed by atoms with Crippen molar-refractivity contribution < 1.29 is 33.0 Å². The number of hydrogen-bond donors (Lipinski definition) is 0. The average molecular weight is 450 g/mol. The Bertz CT molecular complexity index is 1360. The van der Waals surface area contributed by atoms with E-state index in [4.69, 9.17) is 23.4 Å². The summed E-state index contributed by atoms with van der Waals surface area (Å²) in [5, 5.41) is 0.0772. The Morgan fingerprint density at radius 3 is 2.36 bits per heavy atom. The topological polar surface area (TPSA) is 101 Å². The summed E-state index contributed by atoms with van der Waals surface area (Å²) in [5.41, 5.74) is 2.10. The largest absolute Gasteiger partial charge is 0.463 e. The number of carbonyl (C=O) groups excluding carboxylic acids is 2. The highest BCUT2D eigenvalue weighted by atomic mass is 16.7. The number of fused-ring (bicyclic) bond motifs is 2. The van der Waals surface area contributed by atoms with Gasteiger partial charge in [-0.05, 0) is 38.0 Å². The van der Waals surface area contributed by atoms with Crippen molar-refractivity contribution in [1.82, 2.24) is 0 Å². The fourth-order valence-electron chi connectivity index (χ4n) is 3.55. The van der Waals surface area contributed by atoms with Crippen LogP contribution in [0.2, 0.25) is 0 Å². The second kappa shape index (κ2) is 8.82. The second-order valence-corrected chi connectivity index (χ2v) is 7.77. The zero-order valence-corrected chi connectivity index (χ0v) is 18.6. The number of hydrogen-bond acceptors (Lipinski definition) is 8. The Hall–Kier alpha value is -4.07. The molecule has 0 spiro atoms. The molecule has 0 amide bonds. The van der Waals surface area contributed by atoms with Gasteiger partial charge in [0.1, 0.15) is 28.7 Å². The molecule has 170 valence electrons. The first-order chi connectivity index (χ1) is 15.7. The van der Waals surface area contributed by atoms with Gasteiger partial charge in [0.05, 0.1) is 5.56 Å². The van der Waals surface area contributed by atoms with Crippen LogP contribution >= 0.6 is 0 Å². The molecule has 8 heteroatoms. The first kappa shape index (κ1) is 22.1. The van der Waals surface area contributed by atoms with Crippen LogP contribution in [0.3, 0.4) is 0 Å². The van der Waals surface area contributed by atoms with Gasteiger partial charge in [0, 0.05) is 25.5 Å². The molecule has 0 saturated heterocycles. The number of rotatable bonds is 5. The minimum absolute atomic E-state index is 0.0500. The van der Waals surface area contributed by atoms with Crippen LogP contribution in [0.4, 0.5) is 0 Å². The predicted molar refractivity (Wildman–Crippen MR) is 120 cm³/mol. The van der Waals surface area contributed by atoms with Crippen LogP contribution in [0, 0.1) is 0 Å². The van der Waals surface area contributed by atoms with Crippen molar-refractivity contribution in [2.75, 3.05) is 6.79 Å². The summed E-state index contributed by atoms with van der Waals surface area (Å²) in [6, 6.07) is 6.48. The summed E-state index contributed by atoms with van der Waals surface area (Å²) in [4.78, 5) is 37.1. The monoisotopic (exact) mass is 450 g/mol. The summed E-state index contributed by atoms with van der Waals surface area (Å²) < 4.78 is 27.4. The third kappa shape index (κ3) is 4.45. The zero-order chi connectivity index (χ0) is 23.7. The van der Waals surface area contributed by atoms with E-state index in [1.165, 1.54) is 26.2 Å². The molecule has 0 atom stereocenters. The maximum Gasteiger partial charge on any atom is 0.308 e. The Morgan fingerprint density at radius 2 is 1.67 bits per heavy atom. The van der Waals surface area contributed by atoms with E-state index in [-0.39, 0.29) is 34.8 Å². The van der Waals surface area contributed by atoms with E-state index in [0.717, 1.165) is 5.57 Å². The summed E-state index contributed by atoms with van der Waals surface area (Å²) >= 11 is 0. The highest BCUT2D eigenvalue weighted by molar-refractivity contribution is 5.93. The van der Waals surface area contributed by atoms with E-state index in [1.807, 2.05) is 19.9 Å². The lowest BCUT2D eigenvalue weighted by atomic mass is 10.0. The molecule has 0 fully saturated rings. The Labute approximate surface area is 189 Å². The van der Waals surface area contributed by atoms with E-state index >= 15 is 0 Å². The molecule has 2 aromatic carbocycles. The van der Waals surface area contributed by atoms with Crippen molar-refractivity contribution in [2.24, 2.45) is 0 Å². The van der Waals surface area contributed by atoms with Crippen molar-refractivity contribution in [3.63, 3.8) is 0 Å². The Morgan fingerprint density at radius 1 is 0.970 bits per heavy atom. The predicted octanol–water partition coefficient (Wildman–Crippen LogP) is 4.55. The van der Waals surface area contributed by atoms with Gasteiger partial charge in [0.25, 0.3) is 0 Å². The first-order valence-electron chi connectivity index (χ1n) is 10.3. The van der Waals surface area contributed by atoms with Gasteiger partial charge in [0.15, 0.2) is 11.5 Å². The van der Waals surface area contributed by atoms with Crippen LogP contribution in [0.1, 0.15) is 33.3 Å². The summed E-state index contributed by atoms with van der Waals surface area (Å²) in [7, 11) is 0. The zero-order valence-electron chi connectivity index (χ0n) is 18.6. The average Bonchev–Trinajstić information content (AvgIpc) is 3.20. The molecular weight excluding hydrogens is 428 g/mol. The molecule has 1 aromatic heterocycles. The van der Waals surface area contributed by atoms with Crippen LogP contribution < -0.4 is 24.4 Å². The summed E-state index contributed by atoms with van der Waals surface area (Å²) in [6.07, 6.45) is 3.59. The number of esters is 2. The van der Waals surface area contributed by atoms with E-state index in [9.17, 15) is 14.4 Å². The fourth-order valence-corrected chi connectivity index (χ4v) is 3.55. The molecule has 0 bridgehead atoms. The molecule has 4 rings (SSSR count). The molecular formula is C25H22O8. The first-order valence-corrected chi connectivity index (χ1v) is 10.3. The Balaban J connectivity index is 1.99. The molecule has 8 nitrogen and oxygen atoms in total. The third-order valence-electron chi connectivity index (χ3n) is 4.98. The van der Waals surface area contributed by atoms with Crippen LogP contribution in [0.15, 0.2) is 51.4 Å². The van der Waals surface area contributed by atoms with Crippen molar-refractivity contribution in [1.29, 1.82) is 0 Å². The van der Waals surface area contributed by atoms with E-state index < -0.39 is 17.4 Å². The van der Waals surface area contributed by atoms with E-state index in [0.29, 0.717) is 29.0 Å². The van der Waals surface area contributed by atoms with Crippen LogP contribution in [-0.4, -0.2) is 18.7 Å². The molecule has 1 aliphatic rings. The van der Waals surface area contributed by atoms with Crippen molar-refractivity contribution in [3.05, 3.63) is 58.0 Å². The molecule has 3 aromatic rings. The molecule has 0 saturated carbocycles. The second-order valence-electron chi connectivity index (χ2n) is 7.77.